The molecule has 0 spiro atoms. The summed E-state index contributed by atoms with van der Waals surface area (Å²) in [7, 11) is 0. The number of hydrogen-bond donors (Lipinski definition) is 0. The van der Waals surface area contributed by atoms with Gasteiger partial charge in [-0.25, -0.2) is 0 Å². The number of hydrogen-bond acceptors (Lipinski definition) is 2. The van der Waals surface area contributed by atoms with Crippen molar-refractivity contribution in [3.63, 3.8) is 0 Å². The highest BCUT2D eigenvalue weighted by Gasteiger charge is 2.50. The number of benzene rings is 9. The van der Waals surface area contributed by atoms with Crippen LogP contribution in [-0.2, 0) is 10.8 Å². The van der Waals surface area contributed by atoms with Crippen molar-refractivity contribution in [1.29, 1.82) is 0 Å². The molecule has 0 amide bonds. The summed E-state index contributed by atoms with van der Waals surface area (Å²) < 4.78 is 7.27. The highest BCUT2D eigenvalue weighted by Crippen LogP contribution is 2.61. The van der Waals surface area contributed by atoms with Crippen LogP contribution in [0.3, 0.4) is 0 Å². The molecular weight excluding hydrogens is 727 g/mol. The van der Waals surface area contributed by atoms with Gasteiger partial charge < -0.3 is 9.32 Å². The third kappa shape index (κ3) is 4.76. The first-order valence-electron chi connectivity index (χ1n) is 20.9. The topological polar surface area (TPSA) is 16.4 Å². The van der Waals surface area contributed by atoms with E-state index in [-0.39, 0.29) is 5.41 Å². The zero-order valence-electron chi connectivity index (χ0n) is 33.6. The van der Waals surface area contributed by atoms with Crippen molar-refractivity contribution in [2.24, 2.45) is 0 Å². The molecule has 0 radical (unpaired) electrons. The molecule has 0 N–H and O–H groups in total. The number of fused-ring (bicyclic) bond motifs is 9. The number of anilines is 3. The van der Waals surface area contributed by atoms with E-state index in [9.17, 15) is 0 Å². The molecule has 0 atom stereocenters. The largest absolute Gasteiger partial charge is 0.456 e. The standard InChI is InChI=1S/C58H41NO/c1-57(2)48-28-14-9-24-42(48)45-34-33-40(37-51(45)57)59(52-31-17-12-23-41(52)38-19-5-3-6-20-38)53-36-35-47-46-27-13-18-32-54(46)60-56(47)55(53)58(39-21-7-4-8-22-39)49-29-15-10-25-43(49)44-26-11-16-30-50(44)58/h3-37H,1-2H3. The summed E-state index contributed by atoms with van der Waals surface area (Å²) in [5.41, 5.74) is 19.0. The van der Waals surface area contributed by atoms with Crippen molar-refractivity contribution < 1.29 is 4.42 Å². The van der Waals surface area contributed by atoms with Gasteiger partial charge in [-0.2, -0.15) is 0 Å². The average molecular weight is 768 g/mol. The molecule has 2 aliphatic carbocycles. The Balaban J connectivity index is 1.26. The van der Waals surface area contributed by atoms with E-state index in [1.165, 1.54) is 50.1 Å². The minimum Gasteiger partial charge on any atom is -0.456 e. The fourth-order valence-electron chi connectivity index (χ4n) is 10.7. The molecule has 2 nitrogen and oxygen atoms in total. The molecule has 0 unspecified atom stereocenters. The van der Waals surface area contributed by atoms with Gasteiger partial charge in [0.25, 0.3) is 0 Å². The molecule has 0 bridgehead atoms. The summed E-state index contributed by atoms with van der Waals surface area (Å²) in [6, 6.07) is 78.0. The van der Waals surface area contributed by atoms with Crippen molar-refractivity contribution in [1.82, 2.24) is 0 Å². The average Bonchev–Trinajstić information content (AvgIpc) is 3.91. The second-order valence-corrected chi connectivity index (χ2v) is 16.8. The van der Waals surface area contributed by atoms with E-state index >= 15 is 0 Å². The first-order chi connectivity index (χ1) is 29.5. The van der Waals surface area contributed by atoms with E-state index in [0.29, 0.717) is 0 Å². The molecule has 0 saturated carbocycles. The quantitative estimate of drug-likeness (QED) is 0.168. The lowest BCUT2D eigenvalue weighted by Crippen LogP contribution is -2.31. The SMILES string of the molecule is CC1(C)c2ccccc2-c2ccc(N(c3ccccc3-c3ccccc3)c3ccc4c(oc5ccccc54)c3C3(c4ccccc4)c4ccccc4-c4ccccc43)cc21. The molecule has 1 heterocycles. The Bertz CT molecular complexity index is 3250. The van der Waals surface area contributed by atoms with Crippen LogP contribution in [0, 0.1) is 0 Å². The molecule has 12 rings (SSSR count). The molecule has 284 valence electrons. The van der Waals surface area contributed by atoms with Gasteiger partial charge in [0.05, 0.1) is 16.8 Å². The monoisotopic (exact) mass is 767 g/mol. The molecular formula is C58H41NO. The Morgan fingerprint density at radius 3 is 1.67 bits per heavy atom. The maximum atomic E-state index is 7.27. The molecule has 2 heteroatoms. The Labute approximate surface area is 350 Å². The van der Waals surface area contributed by atoms with Crippen LogP contribution in [0.15, 0.2) is 217 Å². The molecule has 60 heavy (non-hydrogen) atoms. The van der Waals surface area contributed by atoms with E-state index in [1.54, 1.807) is 0 Å². The van der Waals surface area contributed by atoms with Crippen LogP contribution in [0.2, 0.25) is 0 Å². The predicted molar refractivity (Wildman–Crippen MR) is 249 cm³/mol. The number of para-hydroxylation sites is 2. The van der Waals surface area contributed by atoms with Crippen molar-refractivity contribution in [2.45, 2.75) is 24.7 Å². The third-order valence-corrected chi connectivity index (χ3v) is 13.4. The van der Waals surface area contributed by atoms with Gasteiger partial charge in [0.2, 0.25) is 0 Å². The number of rotatable bonds is 6. The van der Waals surface area contributed by atoms with Crippen molar-refractivity contribution in [3.05, 3.63) is 246 Å². The molecule has 0 saturated heterocycles. The van der Waals surface area contributed by atoms with Crippen LogP contribution in [0.25, 0.3) is 55.3 Å². The van der Waals surface area contributed by atoms with Gasteiger partial charge in [0, 0.05) is 33.0 Å². The van der Waals surface area contributed by atoms with Crippen LogP contribution >= 0.6 is 0 Å². The molecule has 2 aliphatic rings. The maximum Gasteiger partial charge on any atom is 0.142 e. The van der Waals surface area contributed by atoms with Gasteiger partial charge in [0.1, 0.15) is 11.2 Å². The second kappa shape index (κ2) is 13.0. The van der Waals surface area contributed by atoms with E-state index in [0.717, 1.165) is 55.7 Å². The van der Waals surface area contributed by atoms with Crippen molar-refractivity contribution >= 4 is 39.0 Å². The maximum absolute atomic E-state index is 7.27. The molecule has 9 aromatic carbocycles. The summed E-state index contributed by atoms with van der Waals surface area (Å²) in [6.45, 7) is 4.73. The van der Waals surface area contributed by atoms with Crippen molar-refractivity contribution in [3.8, 4) is 33.4 Å². The molecule has 1 aromatic heterocycles. The number of nitrogens with zero attached hydrogens (tertiary/aromatic N) is 1. The van der Waals surface area contributed by atoms with Gasteiger partial charge in [-0.3, -0.25) is 0 Å². The first-order valence-corrected chi connectivity index (χ1v) is 20.9. The summed E-state index contributed by atoms with van der Waals surface area (Å²) in [5, 5.41) is 2.21. The molecule has 0 aliphatic heterocycles. The van der Waals surface area contributed by atoms with Crippen LogP contribution < -0.4 is 4.90 Å². The van der Waals surface area contributed by atoms with E-state index < -0.39 is 5.41 Å². The van der Waals surface area contributed by atoms with Crippen LogP contribution in [0.4, 0.5) is 17.1 Å². The fourth-order valence-corrected chi connectivity index (χ4v) is 10.7. The Kier molecular flexibility index (Phi) is 7.52. The smallest absolute Gasteiger partial charge is 0.142 e. The molecule has 0 fully saturated rings. The zero-order chi connectivity index (χ0) is 40.0. The van der Waals surface area contributed by atoms with Gasteiger partial charge in [0.15, 0.2) is 0 Å². The zero-order valence-corrected chi connectivity index (χ0v) is 33.6. The predicted octanol–water partition coefficient (Wildman–Crippen LogP) is 15.4. The Morgan fingerprint density at radius 1 is 0.400 bits per heavy atom. The van der Waals surface area contributed by atoms with Crippen LogP contribution in [0.1, 0.15) is 47.2 Å². The third-order valence-electron chi connectivity index (χ3n) is 13.4. The summed E-state index contributed by atoms with van der Waals surface area (Å²) in [5.74, 6) is 0. The van der Waals surface area contributed by atoms with Gasteiger partial charge in [-0.05, 0) is 92.0 Å². The Morgan fingerprint density at radius 2 is 0.950 bits per heavy atom. The first kappa shape index (κ1) is 34.6. The lowest BCUT2D eigenvalue weighted by molar-refractivity contribution is 0.648. The second-order valence-electron chi connectivity index (χ2n) is 16.8. The molecule has 10 aromatic rings. The van der Waals surface area contributed by atoms with Gasteiger partial charge in [-0.15, -0.1) is 0 Å². The highest BCUT2D eigenvalue weighted by molar-refractivity contribution is 6.10. The Hall–Kier alpha value is -7.42. The summed E-state index contributed by atoms with van der Waals surface area (Å²) in [6.07, 6.45) is 0. The fraction of sp³-hybridized carbons (Fsp3) is 0.0690. The van der Waals surface area contributed by atoms with Crippen LogP contribution in [0.5, 0.6) is 0 Å². The summed E-state index contributed by atoms with van der Waals surface area (Å²) >= 11 is 0. The van der Waals surface area contributed by atoms with E-state index in [1.807, 2.05) is 0 Å². The lowest BCUT2D eigenvalue weighted by Gasteiger charge is -2.39. The van der Waals surface area contributed by atoms with E-state index in [4.69, 9.17) is 4.42 Å². The van der Waals surface area contributed by atoms with Crippen LogP contribution in [-0.4, -0.2) is 0 Å². The minimum atomic E-state index is -0.747. The van der Waals surface area contributed by atoms with E-state index in [2.05, 4.69) is 231 Å². The minimum absolute atomic E-state index is 0.188. The summed E-state index contributed by atoms with van der Waals surface area (Å²) in [4.78, 5) is 2.53. The van der Waals surface area contributed by atoms with Gasteiger partial charge >= 0.3 is 0 Å². The van der Waals surface area contributed by atoms with Gasteiger partial charge in [-0.1, -0.05) is 190 Å². The lowest BCUT2D eigenvalue weighted by atomic mass is 9.66. The van der Waals surface area contributed by atoms with Crippen molar-refractivity contribution in [2.75, 3.05) is 4.90 Å². The highest BCUT2D eigenvalue weighted by atomic mass is 16.3. The normalized spacial score (nSPS) is 14.1. The number of furan rings is 1.